The summed E-state index contributed by atoms with van der Waals surface area (Å²) in [7, 11) is 0. The molecular weight excluding hydrogens is 408 g/mol. The molecule has 0 amide bonds. The molecule has 1 aliphatic carbocycles. The molecular formula is C27H48N6. The van der Waals surface area contributed by atoms with Crippen molar-refractivity contribution in [1.29, 1.82) is 0 Å². The van der Waals surface area contributed by atoms with Crippen LogP contribution in [0.2, 0.25) is 0 Å². The van der Waals surface area contributed by atoms with E-state index in [0.717, 1.165) is 45.1 Å². The van der Waals surface area contributed by atoms with E-state index in [-0.39, 0.29) is 0 Å². The third kappa shape index (κ3) is 7.29. The first-order valence-electron chi connectivity index (χ1n) is 14.2. The van der Waals surface area contributed by atoms with Gasteiger partial charge in [-0.25, -0.2) is 4.98 Å². The zero-order chi connectivity index (χ0) is 22.7. The first kappa shape index (κ1) is 24.7. The van der Waals surface area contributed by atoms with Crippen molar-refractivity contribution >= 4 is 11.8 Å². The van der Waals surface area contributed by atoms with Crippen LogP contribution >= 0.6 is 0 Å². The molecule has 2 aliphatic heterocycles. The Labute approximate surface area is 202 Å². The lowest BCUT2D eigenvalue weighted by Crippen LogP contribution is -2.41. The molecule has 3 N–H and O–H groups in total. The minimum atomic E-state index is 0.450. The van der Waals surface area contributed by atoms with E-state index in [1.54, 1.807) is 0 Å². The van der Waals surface area contributed by atoms with Gasteiger partial charge in [-0.1, -0.05) is 58.3 Å². The lowest BCUT2D eigenvalue weighted by Gasteiger charge is -2.29. The molecule has 1 saturated heterocycles. The number of fused-ring (bicyclic) bond motifs is 1. The van der Waals surface area contributed by atoms with Crippen molar-refractivity contribution in [3.05, 3.63) is 11.3 Å². The van der Waals surface area contributed by atoms with Crippen molar-refractivity contribution in [2.24, 2.45) is 0 Å². The van der Waals surface area contributed by atoms with Gasteiger partial charge in [0.1, 0.15) is 5.82 Å². The van der Waals surface area contributed by atoms with Gasteiger partial charge < -0.3 is 20.9 Å². The Morgan fingerprint density at radius 3 is 2.45 bits per heavy atom. The van der Waals surface area contributed by atoms with Crippen LogP contribution in [0.25, 0.3) is 0 Å². The number of hydrogen-bond acceptors (Lipinski definition) is 6. The number of aromatic nitrogens is 2. The molecule has 0 bridgehead atoms. The topological polar surface area (TPSA) is 65.1 Å². The fourth-order valence-electron chi connectivity index (χ4n) is 5.85. The zero-order valence-corrected chi connectivity index (χ0v) is 21.1. The maximum absolute atomic E-state index is 5.13. The van der Waals surface area contributed by atoms with E-state index in [1.165, 1.54) is 107 Å². The van der Waals surface area contributed by atoms with Crippen LogP contribution in [0.4, 0.5) is 11.8 Å². The molecule has 2 atom stereocenters. The minimum absolute atomic E-state index is 0.450. The number of hydrogen-bond donors (Lipinski definition) is 3. The molecule has 4 rings (SSSR count). The van der Waals surface area contributed by atoms with Gasteiger partial charge in [-0.05, 0) is 45.1 Å². The number of unbranched alkanes of at least 4 members (excludes halogenated alkanes) is 6. The van der Waals surface area contributed by atoms with E-state index in [4.69, 9.17) is 9.97 Å². The fraction of sp³-hybridized carbons (Fsp3) is 0.852. The van der Waals surface area contributed by atoms with Gasteiger partial charge in [-0.15, -0.1) is 0 Å². The second-order valence-corrected chi connectivity index (χ2v) is 10.5. The Morgan fingerprint density at radius 1 is 0.879 bits per heavy atom. The van der Waals surface area contributed by atoms with E-state index >= 15 is 0 Å². The van der Waals surface area contributed by atoms with Crippen LogP contribution < -0.4 is 20.9 Å². The Morgan fingerprint density at radius 2 is 1.64 bits per heavy atom. The van der Waals surface area contributed by atoms with Crippen molar-refractivity contribution in [3.63, 3.8) is 0 Å². The second-order valence-electron chi connectivity index (χ2n) is 10.5. The third-order valence-electron chi connectivity index (χ3n) is 7.83. The SMILES string of the molecule is CCCCCCCCCNC1CCCC1Nc1nc2c(c(N3CCCCCC3)n1)CNCC2. The van der Waals surface area contributed by atoms with Crippen LogP contribution in [-0.4, -0.2) is 48.2 Å². The molecule has 33 heavy (non-hydrogen) atoms. The Balaban J connectivity index is 1.33. The number of anilines is 2. The maximum Gasteiger partial charge on any atom is 0.225 e. The standard InChI is InChI=1S/C27H48N6/c1-2-3-4-5-6-7-10-17-29-24-14-13-15-25(24)31-27-30-23-16-18-28-21-22(23)26(32-27)33-19-11-8-9-12-20-33/h24-25,28-29H,2-21H2,1H3,(H,30,31,32). The Bertz CT molecular complexity index is 700. The summed E-state index contributed by atoms with van der Waals surface area (Å²) in [5, 5.41) is 11.2. The van der Waals surface area contributed by atoms with Crippen LogP contribution in [0.15, 0.2) is 0 Å². The molecule has 1 saturated carbocycles. The summed E-state index contributed by atoms with van der Waals surface area (Å²) in [5.41, 5.74) is 2.60. The first-order chi connectivity index (χ1) is 16.3. The van der Waals surface area contributed by atoms with Crippen molar-refractivity contribution < 1.29 is 0 Å². The van der Waals surface area contributed by atoms with Gasteiger partial charge in [0.2, 0.25) is 5.95 Å². The van der Waals surface area contributed by atoms with E-state index in [1.807, 2.05) is 0 Å². The molecule has 2 unspecified atom stereocenters. The number of rotatable bonds is 12. The highest BCUT2D eigenvalue weighted by atomic mass is 15.2. The molecule has 0 spiro atoms. The quantitative estimate of drug-likeness (QED) is 0.377. The summed E-state index contributed by atoms with van der Waals surface area (Å²) in [6, 6.07) is 0.999. The molecule has 6 nitrogen and oxygen atoms in total. The third-order valence-corrected chi connectivity index (χ3v) is 7.83. The van der Waals surface area contributed by atoms with Crippen LogP contribution in [0.3, 0.4) is 0 Å². The van der Waals surface area contributed by atoms with Gasteiger partial charge >= 0.3 is 0 Å². The zero-order valence-electron chi connectivity index (χ0n) is 21.1. The second kappa shape index (κ2) is 13.5. The highest BCUT2D eigenvalue weighted by Crippen LogP contribution is 2.29. The highest BCUT2D eigenvalue weighted by Gasteiger charge is 2.29. The van der Waals surface area contributed by atoms with E-state index < -0.39 is 0 Å². The number of nitrogens with zero attached hydrogens (tertiary/aromatic N) is 3. The smallest absolute Gasteiger partial charge is 0.225 e. The van der Waals surface area contributed by atoms with E-state index in [0.29, 0.717) is 12.1 Å². The summed E-state index contributed by atoms with van der Waals surface area (Å²) in [6.07, 6.45) is 19.7. The molecule has 0 aromatic carbocycles. The van der Waals surface area contributed by atoms with E-state index in [9.17, 15) is 0 Å². The van der Waals surface area contributed by atoms with Crippen LogP contribution in [0.1, 0.15) is 108 Å². The van der Waals surface area contributed by atoms with Crippen LogP contribution in [0, 0.1) is 0 Å². The van der Waals surface area contributed by atoms with Gasteiger partial charge in [-0.3, -0.25) is 0 Å². The lowest BCUT2D eigenvalue weighted by molar-refractivity contribution is 0.472. The lowest BCUT2D eigenvalue weighted by atomic mass is 10.1. The van der Waals surface area contributed by atoms with Crippen LogP contribution in [-0.2, 0) is 13.0 Å². The van der Waals surface area contributed by atoms with Gasteiger partial charge in [0.05, 0.1) is 5.69 Å². The van der Waals surface area contributed by atoms with E-state index in [2.05, 4.69) is 27.8 Å². The monoisotopic (exact) mass is 456 g/mol. The van der Waals surface area contributed by atoms with Gasteiger partial charge in [0.15, 0.2) is 0 Å². The molecule has 3 heterocycles. The van der Waals surface area contributed by atoms with Crippen LogP contribution in [0.5, 0.6) is 0 Å². The van der Waals surface area contributed by atoms with Crippen molar-refractivity contribution in [2.45, 2.75) is 122 Å². The predicted octanol–water partition coefficient (Wildman–Crippen LogP) is 5.18. The summed E-state index contributed by atoms with van der Waals surface area (Å²) in [6.45, 7) is 7.64. The molecule has 186 valence electrons. The fourth-order valence-corrected chi connectivity index (χ4v) is 5.85. The van der Waals surface area contributed by atoms with Gasteiger partial charge in [0.25, 0.3) is 0 Å². The molecule has 6 heteroatoms. The predicted molar refractivity (Wildman–Crippen MR) is 139 cm³/mol. The normalized spacial score (nSPS) is 23.4. The van der Waals surface area contributed by atoms with Gasteiger partial charge in [-0.2, -0.15) is 4.98 Å². The Kier molecular flexibility index (Phi) is 10.1. The van der Waals surface area contributed by atoms with Crippen molar-refractivity contribution in [3.8, 4) is 0 Å². The van der Waals surface area contributed by atoms with Crippen molar-refractivity contribution in [1.82, 2.24) is 20.6 Å². The Hall–Kier alpha value is -1.40. The maximum atomic E-state index is 5.13. The average Bonchev–Trinajstić information content (AvgIpc) is 3.10. The highest BCUT2D eigenvalue weighted by molar-refractivity contribution is 5.54. The van der Waals surface area contributed by atoms with Gasteiger partial charge in [0, 0.05) is 50.2 Å². The number of nitrogens with one attached hydrogen (secondary N) is 3. The largest absolute Gasteiger partial charge is 0.356 e. The summed E-state index contributed by atoms with van der Waals surface area (Å²) < 4.78 is 0. The average molecular weight is 457 g/mol. The molecule has 0 radical (unpaired) electrons. The summed E-state index contributed by atoms with van der Waals surface area (Å²) in [4.78, 5) is 12.7. The summed E-state index contributed by atoms with van der Waals surface area (Å²) >= 11 is 0. The molecule has 1 aromatic rings. The molecule has 1 aromatic heterocycles. The van der Waals surface area contributed by atoms with Crippen molar-refractivity contribution in [2.75, 3.05) is 36.4 Å². The molecule has 2 fully saturated rings. The first-order valence-corrected chi connectivity index (χ1v) is 14.2. The minimum Gasteiger partial charge on any atom is -0.356 e. The summed E-state index contributed by atoms with van der Waals surface area (Å²) in [5.74, 6) is 2.06. The molecule has 3 aliphatic rings.